The molecule has 1 aromatic carbocycles. The minimum atomic E-state index is -3.80. The molecule has 1 aliphatic rings. The van der Waals surface area contributed by atoms with Crippen LogP contribution < -0.4 is 0 Å². The molecule has 11 heteroatoms. The highest BCUT2D eigenvalue weighted by molar-refractivity contribution is 7.89. The summed E-state index contributed by atoms with van der Waals surface area (Å²) >= 11 is 0. The molecule has 0 N–H and O–H groups in total. The van der Waals surface area contributed by atoms with Crippen molar-refractivity contribution in [3.63, 3.8) is 0 Å². The van der Waals surface area contributed by atoms with E-state index in [1.807, 2.05) is 18.7 Å². The lowest BCUT2D eigenvalue weighted by molar-refractivity contribution is -0.385. The van der Waals surface area contributed by atoms with E-state index in [1.54, 1.807) is 6.92 Å². The average molecular weight is 409 g/mol. The largest absolute Gasteiger partial charge is 0.424 e. The SMILES string of the molecule is Cc1ccc([N+](=O)[O-])cc1S(=O)(=O)N1CCN(Cc2nnc(C(C)C)o2)CC1. The summed E-state index contributed by atoms with van der Waals surface area (Å²) in [6.45, 7) is 7.62. The third-order valence-corrected chi connectivity index (χ3v) is 6.71. The van der Waals surface area contributed by atoms with Crippen LogP contribution in [0.1, 0.15) is 37.1 Å². The second kappa shape index (κ2) is 7.94. The van der Waals surface area contributed by atoms with Gasteiger partial charge in [0.2, 0.25) is 21.8 Å². The Morgan fingerprint density at radius 2 is 1.89 bits per heavy atom. The van der Waals surface area contributed by atoms with Gasteiger partial charge in [-0.1, -0.05) is 19.9 Å². The third kappa shape index (κ3) is 4.21. The number of hydrogen-bond acceptors (Lipinski definition) is 8. The highest BCUT2D eigenvalue weighted by atomic mass is 32.2. The molecule has 1 aliphatic heterocycles. The zero-order valence-corrected chi connectivity index (χ0v) is 16.8. The van der Waals surface area contributed by atoms with Crippen LogP contribution in [0.5, 0.6) is 0 Å². The van der Waals surface area contributed by atoms with E-state index in [9.17, 15) is 18.5 Å². The summed E-state index contributed by atoms with van der Waals surface area (Å²) in [5.41, 5.74) is 0.250. The number of non-ortho nitro benzene ring substituents is 1. The van der Waals surface area contributed by atoms with E-state index in [0.717, 1.165) is 6.07 Å². The van der Waals surface area contributed by atoms with Crippen LogP contribution in [0.4, 0.5) is 5.69 Å². The number of benzene rings is 1. The van der Waals surface area contributed by atoms with Crippen molar-refractivity contribution in [2.45, 2.75) is 38.1 Å². The molecule has 1 fully saturated rings. The molecular weight excluding hydrogens is 386 g/mol. The molecular formula is C17H23N5O5S. The first-order valence-electron chi connectivity index (χ1n) is 8.98. The Labute approximate surface area is 163 Å². The number of aryl methyl sites for hydroxylation is 1. The van der Waals surface area contributed by atoms with Crippen LogP contribution in [0.15, 0.2) is 27.5 Å². The van der Waals surface area contributed by atoms with Crippen molar-refractivity contribution in [2.75, 3.05) is 26.2 Å². The van der Waals surface area contributed by atoms with Gasteiger partial charge < -0.3 is 4.42 Å². The first-order valence-corrected chi connectivity index (χ1v) is 10.4. The van der Waals surface area contributed by atoms with Crippen molar-refractivity contribution in [1.29, 1.82) is 0 Å². The topological polar surface area (TPSA) is 123 Å². The number of nitrogens with zero attached hydrogens (tertiary/aromatic N) is 5. The average Bonchev–Trinajstić information content (AvgIpc) is 3.11. The fourth-order valence-electron chi connectivity index (χ4n) is 3.00. The number of hydrogen-bond donors (Lipinski definition) is 0. The molecule has 0 radical (unpaired) electrons. The number of piperazine rings is 1. The summed E-state index contributed by atoms with van der Waals surface area (Å²) < 4.78 is 32.9. The second-order valence-corrected chi connectivity index (χ2v) is 8.98. The number of sulfonamides is 1. The number of nitro benzene ring substituents is 1. The van der Waals surface area contributed by atoms with Crippen molar-refractivity contribution in [3.05, 3.63) is 45.7 Å². The molecule has 0 saturated carbocycles. The lowest BCUT2D eigenvalue weighted by Crippen LogP contribution is -2.48. The highest BCUT2D eigenvalue weighted by Crippen LogP contribution is 2.26. The molecule has 28 heavy (non-hydrogen) atoms. The number of rotatable bonds is 6. The molecule has 0 amide bonds. The van der Waals surface area contributed by atoms with Crippen molar-refractivity contribution in [3.8, 4) is 0 Å². The van der Waals surface area contributed by atoms with Gasteiger partial charge in [-0.3, -0.25) is 15.0 Å². The Hall–Kier alpha value is -2.37. The zero-order valence-electron chi connectivity index (χ0n) is 16.0. The van der Waals surface area contributed by atoms with Crippen molar-refractivity contribution in [1.82, 2.24) is 19.4 Å². The fourth-order valence-corrected chi connectivity index (χ4v) is 4.67. The van der Waals surface area contributed by atoms with Crippen LogP contribution in [-0.2, 0) is 16.6 Å². The molecule has 152 valence electrons. The summed E-state index contributed by atoms with van der Waals surface area (Å²) in [5, 5.41) is 19.0. The fraction of sp³-hybridized carbons (Fsp3) is 0.529. The smallest absolute Gasteiger partial charge is 0.270 e. The summed E-state index contributed by atoms with van der Waals surface area (Å²) in [6, 6.07) is 3.90. The molecule has 3 rings (SSSR count). The Morgan fingerprint density at radius 3 is 2.46 bits per heavy atom. The van der Waals surface area contributed by atoms with E-state index in [-0.39, 0.29) is 29.6 Å². The van der Waals surface area contributed by atoms with Gasteiger partial charge in [-0.05, 0) is 12.5 Å². The summed E-state index contributed by atoms with van der Waals surface area (Å²) in [5.74, 6) is 1.24. The van der Waals surface area contributed by atoms with Crippen molar-refractivity contribution < 1.29 is 17.8 Å². The third-order valence-electron chi connectivity index (χ3n) is 4.67. The molecule has 2 heterocycles. The lowest BCUT2D eigenvalue weighted by Gasteiger charge is -2.33. The first kappa shape index (κ1) is 20.4. The normalized spacial score (nSPS) is 16.6. The Balaban J connectivity index is 1.68. The van der Waals surface area contributed by atoms with E-state index in [0.29, 0.717) is 37.0 Å². The predicted molar refractivity (Wildman–Crippen MR) is 100 cm³/mol. The predicted octanol–water partition coefficient (Wildman–Crippen LogP) is 1.92. The van der Waals surface area contributed by atoms with Crippen LogP contribution in [0.2, 0.25) is 0 Å². The molecule has 0 spiro atoms. The Morgan fingerprint density at radius 1 is 1.21 bits per heavy atom. The second-order valence-electron chi connectivity index (χ2n) is 7.08. The van der Waals surface area contributed by atoms with E-state index in [2.05, 4.69) is 10.2 Å². The highest BCUT2D eigenvalue weighted by Gasteiger charge is 2.31. The molecule has 1 saturated heterocycles. The number of aromatic nitrogens is 2. The molecule has 0 unspecified atom stereocenters. The van der Waals surface area contributed by atoms with Gasteiger partial charge in [-0.2, -0.15) is 4.31 Å². The quantitative estimate of drug-likeness (QED) is 0.524. The van der Waals surface area contributed by atoms with Gasteiger partial charge >= 0.3 is 0 Å². The van der Waals surface area contributed by atoms with Crippen LogP contribution >= 0.6 is 0 Å². The van der Waals surface area contributed by atoms with Gasteiger partial charge in [0, 0.05) is 44.2 Å². The van der Waals surface area contributed by atoms with Crippen molar-refractivity contribution >= 4 is 15.7 Å². The van der Waals surface area contributed by atoms with Gasteiger partial charge in [-0.15, -0.1) is 10.2 Å². The summed E-state index contributed by atoms with van der Waals surface area (Å²) in [6.07, 6.45) is 0. The monoisotopic (exact) mass is 409 g/mol. The molecule has 0 atom stereocenters. The summed E-state index contributed by atoms with van der Waals surface area (Å²) in [7, 11) is -3.80. The first-order chi connectivity index (χ1) is 13.2. The minimum Gasteiger partial charge on any atom is -0.424 e. The molecule has 10 nitrogen and oxygen atoms in total. The maximum Gasteiger partial charge on any atom is 0.270 e. The Kier molecular flexibility index (Phi) is 5.77. The minimum absolute atomic E-state index is 0.0198. The van der Waals surface area contributed by atoms with Gasteiger partial charge in [0.15, 0.2) is 0 Å². The zero-order chi connectivity index (χ0) is 20.5. The van der Waals surface area contributed by atoms with Crippen LogP contribution in [0.25, 0.3) is 0 Å². The van der Waals surface area contributed by atoms with Crippen LogP contribution in [0, 0.1) is 17.0 Å². The number of nitro groups is 1. The van der Waals surface area contributed by atoms with Crippen molar-refractivity contribution in [2.24, 2.45) is 0 Å². The van der Waals surface area contributed by atoms with E-state index < -0.39 is 14.9 Å². The van der Waals surface area contributed by atoms with Gasteiger partial charge in [0.05, 0.1) is 16.4 Å². The van der Waals surface area contributed by atoms with Gasteiger partial charge in [-0.25, -0.2) is 8.42 Å². The van der Waals surface area contributed by atoms with Gasteiger partial charge in [0.25, 0.3) is 5.69 Å². The van der Waals surface area contributed by atoms with E-state index >= 15 is 0 Å². The van der Waals surface area contributed by atoms with Gasteiger partial charge in [0.1, 0.15) is 0 Å². The molecule has 2 aromatic rings. The lowest BCUT2D eigenvalue weighted by atomic mass is 10.2. The molecule has 1 aromatic heterocycles. The molecule has 0 bridgehead atoms. The summed E-state index contributed by atoms with van der Waals surface area (Å²) in [4.78, 5) is 12.4. The maximum atomic E-state index is 13.0. The van der Waals surface area contributed by atoms with E-state index in [4.69, 9.17) is 4.42 Å². The Bertz CT molecular complexity index is 964. The standard InChI is InChI=1S/C17H23N5O5S/c1-12(2)17-19-18-16(27-17)11-20-6-8-21(9-7-20)28(25,26)15-10-14(22(23)24)5-4-13(15)3/h4-5,10,12H,6-9,11H2,1-3H3. The maximum absolute atomic E-state index is 13.0. The molecule has 0 aliphatic carbocycles. The van der Waals surface area contributed by atoms with E-state index in [1.165, 1.54) is 16.4 Å². The van der Waals surface area contributed by atoms with Crippen LogP contribution in [-0.4, -0.2) is 58.9 Å². The van der Waals surface area contributed by atoms with Crippen LogP contribution in [0.3, 0.4) is 0 Å².